The highest BCUT2D eigenvalue weighted by molar-refractivity contribution is 6.33. The monoisotopic (exact) mass is 503 g/mol. The number of anilines is 1. The van der Waals surface area contributed by atoms with Crippen LogP contribution in [-0.2, 0) is 6.54 Å². The number of piperazine rings is 1. The number of carbonyl (C=O) groups excluding carboxylic acids is 1. The van der Waals surface area contributed by atoms with Crippen molar-refractivity contribution in [2.75, 3.05) is 50.7 Å². The summed E-state index contributed by atoms with van der Waals surface area (Å²) in [5.74, 6) is 0.637. The summed E-state index contributed by atoms with van der Waals surface area (Å²) in [6.07, 6.45) is 5.18. The molecule has 0 saturated carbocycles. The number of pyridine rings is 1. The van der Waals surface area contributed by atoms with Crippen molar-refractivity contribution in [3.05, 3.63) is 57.7 Å². The molecule has 2 saturated heterocycles. The summed E-state index contributed by atoms with van der Waals surface area (Å²) >= 11 is 12.6. The molecule has 6 nitrogen and oxygen atoms in total. The number of nitrogens with one attached hydrogen (secondary N) is 1. The number of likely N-dealkylation sites (tertiary alicyclic amines) is 1. The lowest BCUT2D eigenvalue weighted by molar-refractivity contribution is 0.0116. The van der Waals surface area contributed by atoms with Crippen molar-refractivity contribution in [2.24, 2.45) is 0 Å². The zero-order chi connectivity index (χ0) is 24.1. The molecule has 4 rings (SSSR count). The molecule has 0 aliphatic carbocycles. The van der Waals surface area contributed by atoms with Gasteiger partial charge in [-0.2, -0.15) is 0 Å². The van der Waals surface area contributed by atoms with Crippen LogP contribution in [0.1, 0.15) is 49.0 Å². The number of carbonyl (C=O) groups is 1. The van der Waals surface area contributed by atoms with E-state index in [4.69, 9.17) is 23.2 Å². The van der Waals surface area contributed by atoms with Gasteiger partial charge in [-0.1, -0.05) is 42.3 Å². The molecule has 0 unspecified atom stereocenters. The van der Waals surface area contributed by atoms with Gasteiger partial charge in [-0.25, -0.2) is 4.98 Å². The van der Waals surface area contributed by atoms with Gasteiger partial charge in [0.25, 0.3) is 5.91 Å². The van der Waals surface area contributed by atoms with E-state index in [1.807, 2.05) is 19.1 Å². The Morgan fingerprint density at radius 2 is 1.71 bits per heavy atom. The van der Waals surface area contributed by atoms with E-state index in [1.165, 1.54) is 24.8 Å². The summed E-state index contributed by atoms with van der Waals surface area (Å²) in [6.45, 7) is 11.8. The predicted molar refractivity (Wildman–Crippen MR) is 140 cm³/mol. The Morgan fingerprint density at radius 3 is 2.29 bits per heavy atom. The number of rotatable bonds is 7. The van der Waals surface area contributed by atoms with Gasteiger partial charge >= 0.3 is 0 Å². The molecule has 0 bridgehead atoms. The molecular formula is C26H35Cl2N5O. The van der Waals surface area contributed by atoms with Crippen molar-refractivity contribution in [1.29, 1.82) is 0 Å². The molecule has 1 amide bonds. The molecule has 34 heavy (non-hydrogen) atoms. The lowest BCUT2D eigenvalue weighted by Crippen LogP contribution is -2.60. The summed E-state index contributed by atoms with van der Waals surface area (Å²) in [5, 5.41) is 4.13. The van der Waals surface area contributed by atoms with Crippen LogP contribution in [0.15, 0.2) is 36.5 Å². The van der Waals surface area contributed by atoms with E-state index in [0.29, 0.717) is 17.1 Å². The van der Waals surface area contributed by atoms with Gasteiger partial charge in [-0.3, -0.25) is 14.6 Å². The van der Waals surface area contributed by atoms with Gasteiger partial charge in [-0.15, -0.1) is 0 Å². The van der Waals surface area contributed by atoms with Crippen LogP contribution in [0.4, 0.5) is 5.82 Å². The minimum Gasteiger partial charge on any atom is -0.353 e. The molecule has 0 atom stereocenters. The van der Waals surface area contributed by atoms with Crippen LogP contribution in [0.2, 0.25) is 10.0 Å². The lowest BCUT2D eigenvalue weighted by Gasteiger charge is -2.51. The topological polar surface area (TPSA) is 51.7 Å². The van der Waals surface area contributed by atoms with E-state index >= 15 is 0 Å². The predicted octanol–water partition coefficient (Wildman–Crippen LogP) is 4.70. The summed E-state index contributed by atoms with van der Waals surface area (Å²) in [5.41, 5.74) is 2.09. The first-order valence-electron chi connectivity index (χ1n) is 12.3. The first kappa shape index (κ1) is 25.2. The van der Waals surface area contributed by atoms with Gasteiger partial charge in [0.05, 0.1) is 10.6 Å². The fourth-order valence-corrected chi connectivity index (χ4v) is 5.72. The minimum atomic E-state index is -0.138. The minimum absolute atomic E-state index is 0.138. The average Bonchev–Trinajstić information content (AvgIpc) is 2.86. The largest absolute Gasteiger partial charge is 0.353 e. The number of amides is 1. The van der Waals surface area contributed by atoms with Crippen molar-refractivity contribution in [1.82, 2.24) is 20.1 Å². The molecule has 184 valence electrons. The van der Waals surface area contributed by atoms with Crippen molar-refractivity contribution < 1.29 is 4.79 Å². The van der Waals surface area contributed by atoms with Gasteiger partial charge in [0.15, 0.2) is 0 Å². The second-order valence-electron chi connectivity index (χ2n) is 9.34. The third-order valence-corrected chi connectivity index (χ3v) is 7.97. The molecule has 1 aromatic heterocycles. The first-order chi connectivity index (χ1) is 16.4. The molecule has 2 aliphatic rings. The van der Waals surface area contributed by atoms with Gasteiger partial charge in [-0.05, 0) is 49.9 Å². The Balaban J connectivity index is 1.33. The van der Waals surface area contributed by atoms with Gasteiger partial charge in [0, 0.05) is 69.1 Å². The molecule has 3 heterocycles. The normalized spacial score (nSPS) is 19.2. The van der Waals surface area contributed by atoms with E-state index in [0.717, 1.165) is 56.7 Å². The standard InChI is InChI=1S/C26H35Cl2N5O/c1-3-26(9-11-31(12-10-26)19-20-5-7-22(27)8-6-20)33-15-13-32(14-16-33)24-23(28)17-21(18-30-24)25(34)29-4-2/h5-8,17-18H,3-4,9-16,19H2,1-2H3,(H,29,34). The third kappa shape index (κ3) is 5.68. The van der Waals surface area contributed by atoms with Crippen LogP contribution in [0, 0.1) is 0 Å². The summed E-state index contributed by atoms with van der Waals surface area (Å²) < 4.78 is 0. The number of halogens is 2. The van der Waals surface area contributed by atoms with Crippen LogP contribution in [-0.4, -0.2) is 72.0 Å². The number of piperidine rings is 1. The Labute approximate surface area is 213 Å². The second-order valence-corrected chi connectivity index (χ2v) is 10.2. The van der Waals surface area contributed by atoms with E-state index in [-0.39, 0.29) is 11.4 Å². The van der Waals surface area contributed by atoms with E-state index < -0.39 is 0 Å². The fourth-order valence-electron chi connectivity index (χ4n) is 5.31. The van der Waals surface area contributed by atoms with Crippen LogP contribution < -0.4 is 10.2 Å². The average molecular weight is 505 g/mol. The van der Waals surface area contributed by atoms with Crippen molar-refractivity contribution >= 4 is 34.9 Å². The molecule has 0 spiro atoms. The maximum absolute atomic E-state index is 12.1. The third-order valence-electron chi connectivity index (χ3n) is 7.44. The van der Waals surface area contributed by atoms with Crippen LogP contribution in [0.25, 0.3) is 0 Å². The Hall–Kier alpha value is -1.86. The molecule has 2 aromatic rings. The highest BCUT2D eigenvalue weighted by Gasteiger charge is 2.39. The molecule has 8 heteroatoms. The maximum Gasteiger partial charge on any atom is 0.252 e. The highest BCUT2D eigenvalue weighted by Crippen LogP contribution is 2.35. The lowest BCUT2D eigenvalue weighted by atomic mass is 9.82. The molecule has 2 fully saturated rings. The number of benzene rings is 1. The smallest absolute Gasteiger partial charge is 0.252 e. The van der Waals surface area contributed by atoms with Gasteiger partial charge in [0.2, 0.25) is 0 Å². The molecule has 2 aliphatic heterocycles. The van der Waals surface area contributed by atoms with Crippen molar-refractivity contribution in [3.8, 4) is 0 Å². The summed E-state index contributed by atoms with van der Waals surface area (Å²) in [4.78, 5) is 24.1. The van der Waals surface area contributed by atoms with E-state index in [1.54, 1.807) is 12.3 Å². The SMILES string of the molecule is CCNC(=O)c1cnc(N2CCN(C3(CC)CCN(Cc4ccc(Cl)cc4)CC3)CC2)c(Cl)c1. The Kier molecular flexibility index (Phi) is 8.35. The second kappa shape index (κ2) is 11.3. The van der Waals surface area contributed by atoms with Gasteiger partial charge < -0.3 is 10.2 Å². The van der Waals surface area contributed by atoms with Crippen molar-refractivity contribution in [3.63, 3.8) is 0 Å². The Bertz CT molecular complexity index is 968. The molecule has 1 N–H and O–H groups in total. The Morgan fingerprint density at radius 1 is 1.03 bits per heavy atom. The number of hydrogen-bond acceptors (Lipinski definition) is 5. The number of hydrogen-bond donors (Lipinski definition) is 1. The maximum atomic E-state index is 12.1. The first-order valence-corrected chi connectivity index (χ1v) is 13.1. The fraction of sp³-hybridized carbons (Fsp3) is 0.538. The highest BCUT2D eigenvalue weighted by atomic mass is 35.5. The quantitative estimate of drug-likeness (QED) is 0.592. The van der Waals surface area contributed by atoms with E-state index in [9.17, 15) is 4.79 Å². The molecule has 1 aromatic carbocycles. The van der Waals surface area contributed by atoms with E-state index in [2.05, 4.69) is 44.1 Å². The van der Waals surface area contributed by atoms with Gasteiger partial charge in [0.1, 0.15) is 5.82 Å². The number of nitrogens with zero attached hydrogens (tertiary/aromatic N) is 4. The zero-order valence-electron chi connectivity index (χ0n) is 20.2. The zero-order valence-corrected chi connectivity index (χ0v) is 21.7. The molecule has 0 radical (unpaired) electrons. The van der Waals surface area contributed by atoms with Crippen molar-refractivity contribution in [2.45, 2.75) is 45.2 Å². The summed E-state index contributed by atoms with van der Waals surface area (Å²) in [6, 6.07) is 9.94. The van der Waals surface area contributed by atoms with Crippen LogP contribution in [0.5, 0.6) is 0 Å². The molecular weight excluding hydrogens is 469 g/mol. The summed E-state index contributed by atoms with van der Waals surface area (Å²) in [7, 11) is 0. The van der Waals surface area contributed by atoms with Crippen LogP contribution in [0.3, 0.4) is 0 Å². The van der Waals surface area contributed by atoms with Crippen LogP contribution >= 0.6 is 23.2 Å². The number of aromatic nitrogens is 1.